The normalized spacial score (nSPS) is 14.8. The minimum Gasteiger partial charge on any atom is -0.399 e. The molecule has 23 heavy (non-hydrogen) atoms. The molecule has 1 saturated heterocycles. The van der Waals surface area contributed by atoms with E-state index >= 15 is 0 Å². The molecule has 0 aliphatic carbocycles. The van der Waals surface area contributed by atoms with Crippen molar-refractivity contribution >= 4 is 23.8 Å². The average molecular weight is 329 g/mol. The molecule has 3 rings (SSSR count). The number of halogens is 1. The van der Waals surface area contributed by atoms with Crippen LogP contribution in [0, 0.1) is 11.3 Å². The number of nitriles is 1. The van der Waals surface area contributed by atoms with Crippen LogP contribution in [0.5, 0.6) is 0 Å². The smallest absolute Gasteiger partial charge is 0.0991 e. The number of rotatable bonds is 3. The molecule has 1 aliphatic heterocycles. The predicted molar refractivity (Wildman–Crippen MR) is 96.7 cm³/mol. The van der Waals surface area contributed by atoms with E-state index in [-0.39, 0.29) is 12.4 Å². The average Bonchev–Trinajstić information content (AvgIpc) is 2.57. The number of nitrogen functional groups attached to an aromatic ring is 1. The highest BCUT2D eigenvalue weighted by atomic mass is 35.5. The zero-order chi connectivity index (χ0) is 15.4. The second kappa shape index (κ2) is 7.87. The number of hydrogen-bond acceptors (Lipinski definition) is 4. The van der Waals surface area contributed by atoms with Gasteiger partial charge in [-0.25, -0.2) is 0 Å². The Hall–Kier alpha value is -2.22. The SMILES string of the molecule is Cl.N#Cc1cccc(CN2CCN(c3ccc(N)cc3)CC2)c1. The number of nitrogens with two attached hydrogens (primary N) is 1. The Morgan fingerprint density at radius 3 is 2.35 bits per heavy atom. The van der Waals surface area contributed by atoms with Crippen LogP contribution in [0.3, 0.4) is 0 Å². The van der Waals surface area contributed by atoms with Gasteiger partial charge in [-0.15, -0.1) is 12.4 Å². The van der Waals surface area contributed by atoms with E-state index in [9.17, 15) is 0 Å². The second-order valence-corrected chi connectivity index (χ2v) is 5.67. The summed E-state index contributed by atoms with van der Waals surface area (Å²) in [5.41, 5.74) is 9.72. The number of nitrogens with zero attached hydrogens (tertiary/aromatic N) is 3. The van der Waals surface area contributed by atoms with Gasteiger partial charge in [-0.2, -0.15) is 5.26 Å². The largest absolute Gasteiger partial charge is 0.399 e. The molecule has 0 unspecified atom stereocenters. The van der Waals surface area contributed by atoms with Crippen molar-refractivity contribution in [2.45, 2.75) is 6.54 Å². The van der Waals surface area contributed by atoms with Crippen LogP contribution >= 0.6 is 12.4 Å². The maximum atomic E-state index is 8.97. The van der Waals surface area contributed by atoms with Gasteiger partial charge in [0.05, 0.1) is 11.6 Å². The molecule has 1 fully saturated rings. The highest BCUT2D eigenvalue weighted by molar-refractivity contribution is 5.85. The molecule has 0 spiro atoms. The Morgan fingerprint density at radius 1 is 1.00 bits per heavy atom. The first-order chi connectivity index (χ1) is 10.7. The van der Waals surface area contributed by atoms with Crippen molar-refractivity contribution in [1.82, 2.24) is 4.90 Å². The van der Waals surface area contributed by atoms with E-state index in [1.807, 2.05) is 30.3 Å². The van der Waals surface area contributed by atoms with Crippen LogP contribution in [0.1, 0.15) is 11.1 Å². The summed E-state index contributed by atoms with van der Waals surface area (Å²) in [7, 11) is 0. The molecule has 2 N–H and O–H groups in total. The third kappa shape index (κ3) is 4.38. The minimum absolute atomic E-state index is 0. The summed E-state index contributed by atoms with van der Waals surface area (Å²) in [6, 6.07) is 18.2. The van der Waals surface area contributed by atoms with E-state index in [0.29, 0.717) is 0 Å². The van der Waals surface area contributed by atoms with Gasteiger partial charge in [0.2, 0.25) is 0 Å². The molecule has 0 atom stereocenters. The summed E-state index contributed by atoms with van der Waals surface area (Å²) in [5, 5.41) is 8.97. The lowest BCUT2D eigenvalue weighted by Crippen LogP contribution is -2.45. The molecule has 5 heteroatoms. The second-order valence-electron chi connectivity index (χ2n) is 5.67. The standard InChI is InChI=1S/C18H20N4.ClH/c19-13-15-2-1-3-16(12-15)14-21-8-10-22(11-9-21)18-6-4-17(20)5-7-18;/h1-7,12H,8-11,14,20H2;1H. The molecule has 1 aliphatic rings. The Labute approximate surface area is 143 Å². The van der Waals surface area contributed by atoms with Crippen molar-refractivity contribution in [3.05, 3.63) is 59.7 Å². The van der Waals surface area contributed by atoms with E-state index in [1.165, 1.54) is 11.3 Å². The highest BCUT2D eigenvalue weighted by Gasteiger charge is 2.17. The third-order valence-electron chi connectivity index (χ3n) is 4.09. The van der Waals surface area contributed by atoms with Crippen LogP contribution < -0.4 is 10.6 Å². The monoisotopic (exact) mass is 328 g/mol. The summed E-state index contributed by atoms with van der Waals surface area (Å²) >= 11 is 0. The first kappa shape index (κ1) is 17.1. The van der Waals surface area contributed by atoms with Gasteiger partial charge in [0.15, 0.2) is 0 Å². The fraction of sp³-hybridized carbons (Fsp3) is 0.278. The van der Waals surface area contributed by atoms with Crippen molar-refractivity contribution in [2.75, 3.05) is 36.8 Å². The number of piperazine rings is 1. The topological polar surface area (TPSA) is 56.3 Å². The molecule has 0 radical (unpaired) electrons. The van der Waals surface area contributed by atoms with Crippen LogP contribution in [-0.4, -0.2) is 31.1 Å². The molecule has 2 aromatic carbocycles. The maximum Gasteiger partial charge on any atom is 0.0991 e. The highest BCUT2D eigenvalue weighted by Crippen LogP contribution is 2.19. The quantitative estimate of drug-likeness (QED) is 0.880. The van der Waals surface area contributed by atoms with Gasteiger partial charge in [0.1, 0.15) is 0 Å². The van der Waals surface area contributed by atoms with E-state index in [2.05, 4.69) is 34.1 Å². The summed E-state index contributed by atoms with van der Waals surface area (Å²) < 4.78 is 0. The van der Waals surface area contributed by atoms with E-state index in [1.54, 1.807) is 0 Å². The third-order valence-corrected chi connectivity index (χ3v) is 4.09. The number of anilines is 2. The van der Waals surface area contributed by atoms with Crippen molar-refractivity contribution in [3.8, 4) is 6.07 Å². The van der Waals surface area contributed by atoms with Crippen LogP contribution in [-0.2, 0) is 6.54 Å². The van der Waals surface area contributed by atoms with Crippen LogP contribution in [0.2, 0.25) is 0 Å². The minimum atomic E-state index is 0. The van der Waals surface area contributed by atoms with Gasteiger partial charge in [0, 0.05) is 44.1 Å². The molecule has 0 saturated carbocycles. The van der Waals surface area contributed by atoms with E-state index in [4.69, 9.17) is 11.0 Å². The van der Waals surface area contributed by atoms with Gasteiger partial charge in [0.25, 0.3) is 0 Å². The molecule has 0 bridgehead atoms. The van der Waals surface area contributed by atoms with Crippen molar-refractivity contribution in [1.29, 1.82) is 5.26 Å². The maximum absolute atomic E-state index is 8.97. The fourth-order valence-electron chi connectivity index (χ4n) is 2.85. The van der Waals surface area contributed by atoms with Gasteiger partial charge in [-0.1, -0.05) is 12.1 Å². The van der Waals surface area contributed by atoms with Gasteiger partial charge in [-0.3, -0.25) is 4.90 Å². The van der Waals surface area contributed by atoms with Gasteiger partial charge >= 0.3 is 0 Å². The number of hydrogen-bond donors (Lipinski definition) is 1. The lowest BCUT2D eigenvalue weighted by molar-refractivity contribution is 0.250. The van der Waals surface area contributed by atoms with Crippen LogP contribution in [0.4, 0.5) is 11.4 Å². The zero-order valence-corrected chi connectivity index (χ0v) is 13.8. The van der Waals surface area contributed by atoms with Crippen molar-refractivity contribution < 1.29 is 0 Å². The summed E-state index contributed by atoms with van der Waals surface area (Å²) in [6.45, 7) is 5.00. The Balaban J connectivity index is 0.00000192. The predicted octanol–water partition coefficient (Wildman–Crippen LogP) is 2.88. The van der Waals surface area contributed by atoms with Gasteiger partial charge < -0.3 is 10.6 Å². The van der Waals surface area contributed by atoms with Crippen molar-refractivity contribution in [3.63, 3.8) is 0 Å². The molecule has 0 aromatic heterocycles. The van der Waals surface area contributed by atoms with Gasteiger partial charge in [-0.05, 0) is 42.0 Å². The molecule has 120 valence electrons. The molecule has 0 amide bonds. The van der Waals surface area contributed by atoms with Crippen LogP contribution in [0.25, 0.3) is 0 Å². The van der Waals surface area contributed by atoms with E-state index < -0.39 is 0 Å². The van der Waals surface area contributed by atoms with E-state index in [0.717, 1.165) is 44.0 Å². The Morgan fingerprint density at radius 2 is 1.70 bits per heavy atom. The van der Waals surface area contributed by atoms with Crippen LogP contribution in [0.15, 0.2) is 48.5 Å². The molecule has 1 heterocycles. The first-order valence-electron chi connectivity index (χ1n) is 7.56. The zero-order valence-electron chi connectivity index (χ0n) is 13.0. The lowest BCUT2D eigenvalue weighted by Gasteiger charge is -2.36. The molecule has 2 aromatic rings. The first-order valence-corrected chi connectivity index (χ1v) is 7.56. The summed E-state index contributed by atoms with van der Waals surface area (Å²) in [4.78, 5) is 4.83. The molecule has 4 nitrogen and oxygen atoms in total. The van der Waals surface area contributed by atoms with Crippen molar-refractivity contribution in [2.24, 2.45) is 0 Å². The summed E-state index contributed by atoms with van der Waals surface area (Å²) in [5.74, 6) is 0. The lowest BCUT2D eigenvalue weighted by atomic mass is 10.1. The molecular weight excluding hydrogens is 308 g/mol. The Kier molecular flexibility index (Phi) is 5.86. The summed E-state index contributed by atoms with van der Waals surface area (Å²) in [6.07, 6.45) is 0. The number of benzene rings is 2. The Bertz CT molecular complexity index is 670. The fourth-order valence-corrected chi connectivity index (χ4v) is 2.85. The molecular formula is C18H21ClN4.